The van der Waals surface area contributed by atoms with Gasteiger partial charge in [-0.2, -0.15) is 0 Å². The number of carbonyl (C=O) groups is 2. The van der Waals surface area contributed by atoms with Crippen LogP contribution in [0.15, 0.2) is 0 Å². The summed E-state index contributed by atoms with van der Waals surface area (Å²) < 4.78 is 0. The quantitative estimate of drug-likeness (QED) is 0.793. The molecule has 104 valence electrons. The SMILES string of the molecule is CC(C)[C@H](NC(=O)CC1(C)CCCCC1)C(=O)O. The Bertz CT molecular complexity index is 306. The normalized spacial score (nSPS) is 20.4. The predicted molar refractivity (Wildman–Crippen MR) is 70.2 cm³/mol. The molecular formula is C14H25NO3. The molecule has 0 unspecified atom stereocenters. The van der Waals surface area contributed by atoms with Crippen LogP contribution in [0.25, 0.3) is 0 Å². The van der Waals surface area contributed by atoms with Crippen LogP contribution in [0.3, 0.4) is 0 Å². The van der Waals surface area contributed by atoms with Crippen molar-refractivity contribution in [1.29, 1.82) is 0 Å². The number of carboxylic acid groups (broad SMARTS) is 1. The van der Waals surface area contributed by atoms with Gasteiger partial charge in [-0.25, -0.2) is 4.79 Å². The first-order valence-corrected chi connectivity index (χ1v) is 6.86. The van der Waals surface area contributed by atoms with E-state index in [-0.39, 0.29) is 17.2 Å². The van der Waals surface area contributed by atoms with Crippen molar-refractivity contribution in [2.45, 2.75) is 65.3 Å². The summed E-state index contributed by atoms with van der Waals surface area (Å²) in [5.74, 6) is -1.17. The number of amides is 1. The van der Waals surface area contributed by atoms with E-state index < -0.39 is 12.0 Å². The molecule has 1 aliphatic rings. The van der Waals surface area contributed by atoms with Crippen LogP contribution in [0, 0.1) is 11.3 Å². The van der Waals surface area contributed by atoms with E-state index in [4.69, 9.17) is 5.11 Å². The molecule has 1 atom stereocenters. The average Bonchev–Trinajstić information content (AvgIpc) is 2.25. The van der Waals surface area contributed by atoms with E-state index in [0.717, 1.165) is 12.8 Å². The summed E-state index contributed by atoms with van der Waals surface area (Å²) in [6.45, 7) is 5.75. The summed E-state index contributed by atoms with van der Waals surface area (Å²) in [7, 11) is 0. The Hall–Kier alpha value is -1.06. The third kappa shape index (κ3) is 4.31. The maximum Gasteiger partial charge on any atom is 0.326 e. The fraction of sp³-hybridized carbons (Fsp3) is 0.857. The maximum absolute atomic E-state index is 12.0. The van der Waals surface area contributed by atoms with E-state index in [2.05, 4.69) is 12.2 Å². The molecule has 4 heteroatoms. The van der Waals surface area contributed by atoms with E-state index in [9.17, 15) is 9.59 Å². The first-order chi connectivity index (χ1) is 8.34. The van der Waals surface area contributed by atoms with Gasteiger partial charge in [-0.15, -0.1) is 0 Å². The van der Waals surface area contributed by atoms with Crippen molar-refractivity contribution in [2.24, 2.45) is 11.3 Å². The van der Waals surface area contributed by atoms with Crippen LogP contribution in [0.4, 0.5) is 0 Å². The monoisotopic (exact) mass is 255 g/mol. The second-order valence-corrected chi connectivity index (χ2v) is 6.18. The van der Waals surface area contributed by atoms with Crippen LogP contribution in [0.5, 0.6) is 0 Å². The maximum atomic E-state index is 12.0. The molecular weight excluding hydrogens is 230 g/mol. The highest BCUT2D eigenvalue weighted by Crippen LogP contribution is 2.38. The first kappa shape index (κ1) is 15.0. The van der Waals surface area contributed by atoms with Crippen molar-refractivity contribution in [2.75, 3.05) is 0 Å². The lowest BCUT2D eigenvalue weighted by atomic mass is 9.73. The van der Waals surface area contributed by atoms with Crippen LogP contribution in [-0.4, -0.2) is 23.0 Å². The van der Waals surface area contributed by atoms with Crippen molar-refractivity contribution in [3.05, 3.63) is 0 Å². The fourth-order valence-electron chi connectivity index (χ4n) is 2.71. The molecule has 1 saturated carbocycles. The lowest BCUT2D eigenvalue weighted by Crippen LogP contribution is -2.45. The second kappa shape index (κ2) is 6.21. The van der Waals surface area contributed by atoms with Gasteiger partial charge in [-0.1, -0.05) is 40.0 Å². The van der Waals surface area contributed by atoms with Gasteiger partial charge in [-0.05, 0) is 24.2 Å². The number of carboxylic acids is 1. The van der Waals surface area contributed by atoms with Crippen molar-refractivity contribution < 1.29 is 14.7 Å². The fourth-order valence-corrected chi connectivity index (χ4v) is 2.71. The van der Waals surface area contributed by atoms with Gasteiger partial charge < -0.3 is 10.4 Å². The van der Waals surface area contributed by atoms with Crippen LogP contribution >= 0.6 is 0 Å². The largest absolute Gasteiger partial charge is 0.480 e. The highest BCUT2D eigenvalue weighted by Gasteiger charge is 2.31. The summed E-state index contributed by atoms with van der Waals surface area (Å²) in [6, 6.07) is -0.773. The molecule has 1 rings (SSSR count). The van der Waals surface area contributed by atoms with Crippen molar-refractivity contribution in [3.8, 4) is 0 Å². The van der Waals surface area contributed by atoms with Gasteiger partial charge in [0.2, 0.25) is 5.91 Å². The standard InChI is InChI=1S/C14H25NO3/c1-10(2)12(13(17)18)15-11(16)9-14(3)7-5-4-6-8-14/h10,12H,4-9H2,1-3H3,(H,15,16)(H,17,18)/t12-/m0/s1. The predicted octanol–water partition coefficient (Wildman–Crippen LogP) is 2.57. The zero-order valence-corrected chi connectivity index (χ0v) is 11.7. The minimum Gasteiger partial charge on any atom is -0.480 e. The zero-order chi connectivity index (χ0) is 13.8. The molecule has 0 aromatic carbocycles. The van der Waals surface area contributed by atoms with Crippen LogP contribution < -0.4 is 5.32 Å². The molecule has 0 spiro atoms. The lowest BCUT2D eigenvalue weighted by Gasteiger charge is -2.33. The number of rotatable bonds is 5. The number of hydrogen-bond acceptors (Lipinski definition) is 2. The number of nitrogens with one attached hydrogen (secondary N) is 1. The third-order valence-electron chi connectivity index (χ3n) is 3.90. The molecule has 0 heterocycles. The summed E-state index contributed by atoms with van der Waals surface area (Å²) in [5.41, 5.74) is 0.0579. The molecule has 4 nitrogen and oxygen atoms in total. The number of carbonyl (C=O) groups excluding carboxylic acids is 1. The molecule has 0 radical (unpaired) electrons. The van der Waals surface area contributed by atoms with Crippen molar-refractivity contribution >= 4 is 11.9 Å². The highest BCUT2D eigenvalue weighted by molar-refractivity contribution is 5.84. The van der Waals surface area contributed by atoms with Gasteiger partial charge in [0.15, 0.2) is 0 Å². The van der Waals surface area contributed by atoms with Gasteiger partial charge >= 0.3 is 5.97 Å². The summed E-state index contributed by atoms with van der Waals surface area (Å²) in [5, 5.41) is 11.7. The van der Waals surface area contributed by atoms with Gasteiger partial charge in [0.05, 0.1) is 0 Å². The number of aliphatic carboxylic acids is 1. The minimum atomic E-state index is -0.952. The third-order valence-corrected chi connectivity index (χ3v) is 3.90. The molecule has 0 aromatic rings. The minimum absolute atomic E-state index is 0.0579. The molecule has 1 aliphatic carbocycles. The molecule has 1 amide bonds. The Morgan fingerprint density at radius 2 is 1.78 bits per heavy atom. The van der Waals surface area contributed by atoms with E-state index in [0.29, 0.717) is 6.42 Å². The van der Waals surface area contributed by atoms with Crippen LogP contribution in [0.1, 0.15) is 59.3 Å². The molecule has 0 saturated heterocycles. The Labute approximate surface area is 109 Å². The van der Waals surface area contributed by atoms with Gasteiger partial charge in [-0.3, -0.25) is 4.79 Å². The topological polar surface area (TPSA) is 66.4 Å². The summed E-state index contributed by atoms with van der Waals surface area (Å²) in [4.78, 5) is 23.0. The van der Waals surface area contributed by atoms with E-state index >= 15 is 0 Å². The van der Waals surface area contributed by atoms with Gasteiger partial charge in [0, 0.05) is 6.42 Å². The molecule has 0 aliphatic heterocycles. The molecule has 2 N–H and O–H groups in total. The van der Waals surface area contributed by atoms with E-state index in [1.165, 1.54) is 19.3 Å². The summed E-state index contributed by atoms with van der Waals surface area (Å²) >= 11 is 0. The molecule has 1 fully saturated rings. The van der Waals surface area contributed by atoms with E-state index in [1.807, 2.05) is 0 Å². The molecule has 0 bridgehead atoms. The van der Waals surface area contributed by atoms with Crippen molar-refractivity contribution in [3.63, 3.8) is 0 Å². The van der Waals surface area contributed by atoms with E-state index in [1.54, 1.807) is 13.8 Å². The second-order valence-electron chi connectivity index (χ2n) is 6.18. The van der Waals surface area contributed by atoms with Gasteiger partial charge in [0.25, 0.3) is 0 Å². The Kier molecular flexibility index (Phi) is 5.17. The lowest BCUT2D eigenvalue weighted by molar-refractivity contribution is -0.143. The Morgan fingerprint density at radius 1 is 1.22 bits per heavy atom. The smallest absolute Gasteiger partial charge is 0.326 e. The Morgan fingerprint density at radius 3 is 2.22 bits per heavy atom. The average molecular weight is 255 g/mol. The zero-order valence-electron chi connectivity index (χ0n) is 11.7. The summed E-state index contributed by atoms with van der Waals surface area (Å²) in [6.07, 6.45) is 6.19. The van der Waals surface area contributed by atoms with Crippen LogP contribution in [0.2, 0.25) is 0 Å². The highest BCUT2D eigenvalue weighted by atomic mass is 16.4. The Balaban J connectivity index is 2.52. The van der Waals surface area contributed by atoms with Crippen LogP contribution in [-0.2, 0) is 9.59 Å². The first-order valence-electron chi connectivity index (χ1n) is 6.86. The number of hydrogen-bond donors (Lipinski definition) is 2. The van der Waals surface area contributed by atoms with Gasteiger partial charge in [0.1, 0.15) is 6.04 Å². The molecule has 0 aromatic heterocycles. The molecule has 18 heavy (non-hydrogen) atoms. The van der Waals surface area contributed by atoms with Crippen molar-refractivity contribution in [1.82, 2.24) is 5.32 Å².